The minimum Gasteiger partial charge on any atom is -0.453 e. The maximum Gasteiger partial charge on any atom is 0.410 e. The summed E-state index contributed by atoms with van der Waals surface area (Å²) in [7, 11) is 2.75. The van der Waals surface area contributed by atoms with Crippen molar-refractivity contribution in [2.24, 2.45) is 0 Å². The zero-order chi connectivity index (χ0) is 19.8. The number of likely N-dealkylation sites (N-methyl/N-ethyl adjacent to an activating group) is 1. The van der Waals surface area contributed by atoms with E-state index < -0.39 is 17.1 Å². The predicted molar refractivity (Wildman–Crippen MR) is 99.0 cm³/mol. The van der Waals surface area contributed by atoms with Crippen LogP contribution in [0.15, 0.2) is 54.6 Å². The first-order valence-corrected chi connectivity index (χ1v) is 8.29. The quantitative estimate of drug-likeness (QED) is 0.595. The number of nitro groups is 1. The first-order valence-electron chi connectivity index (χ1n) is 8.29. The molecule has 0 saturated heterocycles. The summed E-state index contributed by atoms with van der Waals surface area (Å²) in [6.45, 7) is 0.193. The highest BCUT2D eigenvalue weighted by Crippen LogP contribution is 2.18. The summed E-state index contributed by atoms with van der Waals surface area (Å²) in [4.78, 5) is 36.5. The molecule has 0 radical (unpaired) electrons. The number of carbonyl (C=O) groups excluding carboxylic acids is 2. The first kappa shape index (κ1) is 19.9. The summed E-state index contributed by atoms with van der Waals surface area (Å²) in [5, 5.41) is 13.4. The van der Waals surface area contributed by atoms with Gasteiger partial charge in [0.25, 0.3) is 5.69 Å². The van der Waals surface area contributed by atoms with Crippen LogP contribution in [0.3, 0.4) is 0 Å². The highest BCUT2D eigenvalue weighted by molar-refractivity contribution is 5.85. The van der Waals surface area contributed by atoms with E-state index in [2.05, 4.69) is 5.32 Å². The second-order valence-electron chi connectivity index (χ2n) is 5.84. The van der Waals surface area contributed by atoms with Crippen LogP contribution in [-0.2, 0) is 22.5 Å². The van der Waals surface area contributed by atoms with Crippen molar-refractivity contribution in [3.05, 3.63) is 75.8 Å². The van der Waals surface area contributed by atoms with Crippen LogP contribution < -0.4 is 5.32 Å². The summed E-state index contributed by atoms with van der Waals surface area (Å²) in [6, 6.07) is 14.3. The van der Waals surface area contributed by atoms with Crippen molar-refractivity contribution in [2.75, 3.05) is 14.2 Å². The topological polar surface area (TPSA) is 102 Å². The van der Waals surface area contributed by atoms with Crippen LogP contribution in [0.4, 0.5) is 10.5 Å². The molecular weight excluding hydrogens is 350 g/mol. The van der Waals surface area contributed by atoms with Gasteiger partial charge in [-0.3, -0.25) is 19.8 Å². The number of nitrogens with one attached hydrogen (secondary N) is 1. The van der Waals surface area contributed by atoms with Crippen molar-refractivity contribution in [1.29, 1.82) is 0 Å². The number of ether oxygens (including phenoxy) is 1. The molecule has 8 heteroatoms. The van der Waals surface area contributed by atoms with E-state index in [0.29, 0.717) is 5.56 Å². The molecule has 0 saturated carbocycles. The van der Waals surface area contributed by atoms with Gasteiger partial charge in [-0.15, -0.1) is 0 Å². The first-order chi connectivity index (χ1) is 13.0. The molecule has 2 aromatic rings. The molecular formula is C19H21N3O5. The van der Waals surface area contributed by atoms with Gasteiger partial charge in [-0.2, -0.15) is 0 Å². The highest BCUT2D eigenvalue weighted by atomic mass is 16.6. The fourth-order valence-corrected chi connectivity index (χ4v) is 2.69. The summed E-state index contributed by atoms with van der Waals surface area (Å²) in [6.07, 6.45) is -0.436. The molecule has 0 aromatic heterocycles. The molecule has 0 fully saturated rings. The van der Waals surface area contributed by atoms with Gasteiger partial charge in [0, 0.05) is 32.1 Å². The van der Waals surface area contributed by atoms with E-state index in [0.717, 1.165) is 5.56 Å². The van der Waals surface area contributed by atoms with Crippen LogP contribution in [0.5, 0.6) is 0 Å². The fraction of sp³-hybridized carbons (Fsp3) is 0.263. The Morgan fingerprint density at radius 1 is 1.11 bits per heavy atom. The molecule has 0 heterocycles. The number of amides is 2. The van der Waals surface area contributed by atoms with Crippen LogP contribution in [0.2, 0.25) is 0 Å². The van der Waals surface area contributed by atoms with Gasteiger partial charge >= 0.3 is 6.09 Å². The molecule has 27 heavy (non-hydrogen) atoms. The SMILES string of the molecule is CNC(=O)C(Cc1ccc([N+](=O)[O-])cc1)N(Cc1ccccc1)C(=O)OC. The molecule has 0 aliphatic rings. The van der Waals surface area contributed by atoms with E-state index in [1.54, 1.807) is 12.1 Å². The van der Waals surface area contributed by atoms with Crippen LogP contribution in [0.25, 0.3) is 0 Å². The molecule has 8 nitrogen and oxygen atoms in total. The normalized spacial score (nSPS) is 11.3. The summed E-state index contributed by atoms with van der Waals surface area (Å²) in [5.41, 5.74) is 1.50. The lowest BCUT2D eigenvalue weighted by molar-refractivity contribution is -0.384. The second-order valence-corrected chi connectivity index (χ2v) is 5.84. The number of methoxy groups -OCH3 is 1. The van der Waals surface area contributed by atoms with E-state index in [-0.39, 0.29) is 24.6 Å². The van der Waals surface area contributed by atoms with E-state index in [4.69, 9.17) is 4.74 Å². The molecule has 2 amide bonds. The molecule has 142 valence electrons. The van der Waals surface area contributed by atoms with Crippen LogP contribution >= 0.6 is 0 Å². The maximum absolute atomic E-state index is 12.5. The van der Waals surface area contributed by atoms with Gasteiger partial charge in [0.2, 0.25) is 5.91 Å². The monoisotopic (exact) mass is 371 g/mol. The van der Waals surface area contributed by atoms with E-state index in [1.165, 1.54) is 31.2 Å². The number of carbonyl (C=O) groups is 2. The molecule has 2 rings (SSSR count). The Labute approximate surface area is 156 Å². The summed E-state index contributed by atoms with van der Waals surface area (Å²) < 4.78 is 4.87. The molecule has 0 aliphatic carbocycles. The molecule has 0 bridgehead atoms. The molecule has 1 unspecified atom stereocenters. The zero-order valence-electron chi connectivity index (χ0n) is 15.1. The number of hydrogen-bond acceptors (Lipinski definition) is 5. The standard InChI is InChI=1S/C19H21N3O5/c1-20-18(23)17(12-14-8-10-16(11-9-14)22(25)26)21(19(24)27-2)13-15-6-4-3-5-7-15/h3-11,17H,12-13H2,1-2H3,(H,20,23). The van der Waals surface area contributed by atoms with Gasteiger partial charge in [0.1, 0.15) is 6.04 Å². The number of rotatable bonds is 7. The molecule has 1 atom stereocenters. The van der Waals surface area contributed by atoms with Gasteiger partial charge in [0.15, 0.2) is 0 Å². The minimum atomic E-state index is -0.830. The molecule has 0 aliphatic heterocycles. The lowest BCUT2D eigenvalue weighted by atomic mass is 10.0. The minimum absolute atomic E-state index is 0.0376. The van der Waals surface area contributed by atoms with Crippen molar-refractivity contribution in [3.8, 4) is 0 Å². The lowest BCUT2D eigenvalue weighted by Gasteiger charge is -2.29. The number of non-ortho nitro benzene ring substituents is 1. The number of hydrogen-bond donors (Lipinski definition) is 1. The molecule has 1 N–H and O–H groups in total. The Morgan fingerprint density at radius 2 is 1.74 bits per heavy atom. The highest BCUT2D eigenvalue weighted by Gasteiger charge is 2.30. The van der Waals surface area contributed by atoms with Crippen LogP contribution in [0, 0.1) is 10.1 Å². The maximum atomic E-state index is 12.5. The third-order valence-corrected chi connectivity index (χ3v) is 4.11. The second kappa shape index (κ2) is 9.33. The van der Waals surface area contributed by atoms with E-state index in [9.17, 15) is 19.7 Å². The Morgan fingerprint density at radius 3 is 2.26 bits per heavy atom. The predicted octanol–water partition coefficient (Wildman–Crippen LogP) is 2.52. The zero-order valence-corrected chi connectivity index (χ0v) is 15.1. The average molecular weight is 371 g/mol. The summed E-state index contributed by atoms with van der Waals surface area (Å²) in [5.74, 6) is -0.352. The molecule has 0 spiro atoms. The average Bonchev–Trinajstić information content (AvgIpc) is 2.70. The largest absolute Gasteiger partial charge is 0.453 e. The Kier molecular flexibility index (Phi) is 6.87. The Bertz CT molecular complexity index is 793. The Balaban J connectivity index is 2.30. The van der Waals surface area contributed by atoms with Crippen molar-refractivity contribution in [2.45, 2.75) is 19.0 Å². The molecule has 2 aromatic carbocycles. The van der Waals surface area contributed by atoms with Crippen LogP contribution in [0.1, 0.15) is 11.1 Å². The van der Waals surface area contributed by atoms with Gasteiger partial charge in [-0.1, -0.05) is 42.5 Å². The van der Waals surface area contributed by atoms with Crippen molar-refractivity contribution < 1.29 is 19.2 Å². The number of benzene rings is 2. The number of nitrogens with zero attached hydrogens (tertiary/aromatic N) is 2. The van der Waals surface area contributed by atoms with Crippen molar-refractivity contribution in [1.82, 2.24) is 10.2 Å². The third kappa shape index (κ3) is 5.27. The number of nitro benzene ring substituents is 1. The summed E-state index contributed by atoms with van der Waals surface area (Å²) >= 11 is 0. The smallest absolute Gasteiger partial charge is 0.410 e. The van der Waals surface area contributed by atoms with Gasteiger partial charge in [0.05, 0.1) is 12.0 Å². The van der Waals surface area contributed by atoms with Crippen molar-refractivity contribution in [3.63, 3.8) is 0 Å². The van der Waals surface area contributed by atoms with Gasteiger partial charge in [-0.25, -0.2) is 4.79 Å². The van der Waals surface area contributed by atoms with E-state index >= 15 is 0 Å². The van der Waals surface area contributed by atoms with Crippen LogP contribution in [-0.4, -0.2) is 42.0 Å². The van der Waals surface area contributed by atoms with Crippen molar-refractivity contribution >= 4 is 17.7 Å². The van der Waals surface area contributed by atoms with E-state index in [1.807, 2.05) is 30.3 Å². The Hall–Kier alpha value is -3.42. The lowest BCUT2D eigenvalue weighted by Crippen LogP contribution is -2.49. The fourth-order valence-electron chi connectivity index (χ4n) is 2.69. The van der Waals surface area contributed by atoms with Gasteiger partial charge < -0.3 is 10.1 Å². The third-order valence-electron chi connectivity index (χ3n) is 4.11. The van der Waals surface area contributed by atoms with Gasteiger partial charge in [-0.05, 0) is 11.1 Å².